The predicted molar refractivity (Wildman–Crippen MR) is 69.7 cm³/mol. The van der Waals surface area contributed by atoms with E-state index < -0.39 is 11.6 Å². The van der Waals surface area contributed by atoms with Gasteiger partial charge in [-0.15, -0.1) is 11.6 Å². The van der Waals surface area contributed by atoms with Crippen LogP contribution in [0.2, 0.25) is 0 Å². The highest BCUT2D eigenvalue weighted by molar-refractivity contribution is 6.20. The number of rotatable bonds is 3. The molecule has 4 heteroatoms. The highest BCUT2D eigenvalue weighted by Crippen LogP contribution is 2.25. The summed E-state index contributed by atoms with van der Waals surface area (Å²) >= 11 is 6.08. The van der Waals surface area contributed by atoms with E-state index in [4.69, 9.17) is 11.6 Å². The average Bonchev–Trinajstić information content (AvgIpc) is 2.34. The molecular weight excluding hydrogens is 256 g/mol. The zero-order valence-electron chi connectivity index (χ0n) is 10.5. The lowest BCUT2D eigenvalue weighted by Gasteiger charge is -2.33. The molecule has 0 bridgehead atoms. The quantitative estimate of drug-likeness (QED) is 0.757. The fourth-order valence-corrected chi connectivity index (χ4v) is 2.73. The maximum Gasteiger partial charge on any atom is 0.130 e. The van der Waals surface area contributed by atoms with Crippen molar-refractivity contribution in [3.63, 3.8) is 0 Å². The van der Waals surface area contributed by atoms with Gasteiger partial charge >= 0.3 is 0 Å². The molecule has 0 amide bonds. The van der Waals surface area contributed by atoms with Crippen LogP contribution in [0.1, 0.15) is 25.3 Å². The molecule has 1 aliphatic rings. The zero-order chi connectivity index (χ0) is 13.1. The molecule has 0 aliphatic carbocycles. The SMILES string of the molecule is CC(Cl)C1CCN(Cc2c(F)cccc2F)CC1. The normalized spacial score (nSPS) is 20.0. The molecule has 1 aromatic carbocycles. The molecule has 1 aliphatic heterocycles. The second-order valence-electron chi connectivity index (χ2n) is 4.99. The van der Waals surface area contributed by atoms with Gasteiger partial charge in [-0.05, 0) is 50.9 Å². The molecule has 0 spiro atoms. The maximum absolute atomic E-state index is 13.5. The van der Waals surface area contributed by atoms with Gasteiger partial charge in [-0.3, -0.25) is 4.90 Å². The molecular formula is C14H18ClF2N. The Hall–Kier alpha value is -0.670. The Morgan fingerprint density at radius 1 is 1.28 bits per heavy atom. The van der Waals surface area contributed by atoms with E-state index in [9.17, 15) is 8.78 Å². The lowest BCUT2D eigenvalue weighted by Crippen LogP contribution is -2.35. The van der Waals surface area contributed by atoms with Gasteiger partial charge in [0.15, 0.2) is 0 Å². The van der Waals surface area contributed by atoms with Crippen LogP contribution in [0.3, 0.4) is 0 Å². The van der Waals surface area contributed by atoms with Gasteiger partial charge in [0, 0.05) is 17.5 Å². The summed E-state index contributed by atoms with van der Waals surface area (Å²) in [6.45, 7) is 4.07. The first-order chi connectivity index (χ1) is 8.58. The number of hydrogen-bond acceptors (Lipinski definition) is 1. The van der Waals surface area contributed by atoms with Crippen LogP contribution in [0.15, 0.2) is 18.2 Å². The summed E-state index contributed by atoms with van der Waals surface area (Å²) in [7, 11) is 0. The second-order valence-corrected chi connectivity index (χ2v) is 5.68. The molecule has 1 aromatic rings. The van der Waals surface area contributed by atoms with Crippen molar-refractivity contribution in [3.05, 3.63) is 35.4 Å². The standard InChI is InChI=1S/C14H18ClF2N/c1-10(15)11-5-7-18(8-6-11)9-12-13(16)3-2-4-14(12)17/h2-4,10-11H,5-9H2,1H3. The number of halogens is 3. The maximum atomic E-state index is 13.5. The molecule has 1 atom stereocenters. The lowest BCUT2D eigenvalue weighted by molar-refractivity contribution is 0.173. The lowest BCUT2D eigenvalue weighted by atomic mass is 9.94. The third kappa shape index (κ3) is 3.21. The Labute approximate surface area is 112 Å². The molecule has 2 rings (SSSR count). The third-order valence-electron chi connectivity index (χ3n) is 3.73. The summed E-state index contributed by atoms with van der Waals surface area (Å²) in [5, 5.41) is 0.178. The van der Waals surface area contributed by atoms with Crippen molar-refractivity contribution in [1.82, 2.24) is 4.90 Å². The second kappa shape index (κ2) is 5.98. The minimum Gasteiger partial charge on any atom is -0.299 e. The zero-order valence-corrected chi connectivity index (χ0v) is 11.3. The van der Waals surface area contributed by atoms with Crippen LogP contribution in [0, 0.1) is 17.6 Å². The molecule has 0 N–H and O–H groups in total. The molecule has 1 nitrogen and oxygen atoms in total. The van der Waals surface area contributed by atoms with Gasteiger partial charge in [-0.1, -0.05) is 6.07 Å². The van der Waals surface area contributed by atoms with Gasteiger partial charge in [0.25, 0.3) is 0 Å². The van der Waals surface area contributed by atoms with Crippen molar-refractivity contribution >= 4 is 11.6 Å². The minimum absolute atomic E-state index is 0.176. The number of nitrogens with zero attached hydrogens (tertiary/aromatic N) is 1. The van der Waals surface area contributed by atoms with E-state index in [0.717, 1.165) is 25.9 Å². The Morgan fingerprint density at radius 2 is 1.83 bits per heavy atom. The predicted octanol–water partition coefficient (Wildman–Crippen LogP) is 3.80. The van der Waals surface area contributed by atoms with Gasteiger partial charge in [-0.2, -0.15) is 0 Å². The molecule has 100 valence electrons. The van der Waals surface area contributed by atoms with Crippen LogP contribution in [0.5, 0.6) is 0 Å². The largest absolute Gasteiger partial charge is 0.299 e. The van der Waals surface area contributed by atoms with Crippen LogP contribution in [0.25, 0.3) is 0 Å². The molecule has 0 aromatic heterocycles. The molecule has 0 radical (unpaired) electrons. The molecule has 1 heterocycles. The van der Waals surface area contributed by atoms with Crippen LogP contribution in [-0.4, -0.2) is 23.4 Å². The summed E-state index contributed by atoms with van der Waals surface area (Å²) in [5.74, 6) is -0.390. The van der Waals surface area contributed by atoms with E-state index in [0.29, 0.717) is 12.5 Å². The fraction of sp³-hybridized carbons (Fsp3) is 0.571. The summed E-state index contributed by atoms with van der Waals surface area (Å²) in [5.41, 5.74) is 0.176. The van der Waals surface area contributed by atoms with E-state index in [2.05, 4.69) is 4.90 Å². The molecule has 18 heavy (non-hydrogen) atoms. The monoisotopic (exact) mass is 273 g/mol. The van der Waals surface area contributed by atoms with E-state index in [1.54, 1.807) is 0 Å². The van der Waals surface area contributed by atoms with Gasteiger partial charge in [0.2, 0.25) is 0 Å². The van der Waals surface area contributed by atoms with Crippen LogP contribution < -0.4 is 0 Å². The Bertz CT molecular complexity index is 381. The number of likely N-dealkylation sites (tertiary alicyclic amines) is 1. The van der Waals surface area contributed by atoms with Gasteiger partial charge in [0.05, 0.1) is 0 Å². The first-order valence-electron chi connectivity index (χ1n) is 6.37. The molecule has 1 unspecified atom stereocenters. The number of benzene rings is 1. The van der Waals surface area contributed by atoms with Crippen molar-refractivity contribution in [2.24, 2.45) is 5.92 Å². The summed E-state index contributed by atoms with van der Waals surface area (Å²) < 4.78 is 27.0. The van der Waals surface area contributed by atoms with Gasteiger partial charge in [0.1, 0.15) is 11.6 Å². The van der Waals surface area contributed by atoms with Crippen LogP contribution >= 0.6 is 11.6 Å². The average molecular weight is 274 g/mol. The molecule has 1 saturated heterocycles. The Kier molecular flexibility index (Phi) is 4.57. The van der Waals surface area contributed by atoms with Crippen molar-refractivity contribution in [2.45, 2.75) is 31.7 Å². The molecule has 0 saturated carbocycles. The first kappa shape index (κ1) is 13.8. The number of hydrogen-bond donors (Lipinski definition) is 0. The van der Waals surface area contributed by atoms with E-state index in [1.807, 2.05) is 6.92 Å². The summed E-state index contributed by atoms with van der Waals surface area (Å²) in [4.78, 5) is 2.09. The van der Waals surface area contributed by atoms with Crippen LogP contribution in [-0.2, 0) is 6.54 Å². The Balaban J connectivity index is 1.96. The van der Waals surface area contributed by atoms with Crippen molar-refractivity contribution in [2.75, 3.05) is 13.1 Å². The van der Waals surface area contributed by atoms with E-state index in [1.165, 1.54) is 18.2 Å². The smallest absolute Gasteiger partial charge is 0.130 e. The highest BCUT2D eigenvalue weighted by Gasteiger charge is 2.23. The number of alkyl halides is 1. The Morgan fingerprint density at radius 3 is 2.33 bits per heavy atom. The van der Waals surface area contributed by atoms with Gasteiger partial charge < -0.3 is 0 Å². The molecule has 1 fully saturated rings. The van der Waals surface area contributed by atoms with Crippen molar-refractivity contribution in [3.8, 4) is 0 Å². The summed E-state index contributed by atoms with van der Waals surface area (Å²) in [6, 6.07) is 4.02. The number of piperidine rings is 1. The van der Waals surface area contributed by atoms with Crippen molar-refractivity contribution in [1.29, 1.82) is 0 Å². The first-order valence-corrected chi connectivity index (χ1v) is 6.81. The topological polar surface area (TPSA) is 3.24 Å². The van der Waals surface area contributed by atoms with Crippen LogP contribution in [0.4, 0.5) is 8.78 Å². The van der Waals surface area contributed by atoms with E-state index >= 15 is 0 Å². The summed E-state index contributed by atoms with van der Waals surface area (Å²) in [6.07, 6.45) is 2.00. The highest BCUT2D eigenvalue weighted by atomic mass is 35.5. The minimum atomic E-state index is -0.456. The van der Waals surface area contributed by atoms with Crippen molar-refractivity contribution < 1.29 is 8.78 Å². The fourth-order valence-electron chi connectivity index (χ4n) is 2.48. The van der Waals surface area contributed by atoms with Gasteiger partial charge in [-0.25, -0.2) is 8.78 Å². The third-order valence-corrected chi connectivity index (χ3v) is 4.08. The van der Waals surface area contributed by atoms with E-state index in [-0.39, 0.29) is 10.9 Å².